The molecule has 88 valence electrons. The smallest absolute Gasteiger partial charge is 0.161 e. The van der Waals surface area contributed by atoms with E-state index < -0.39 is 17.7 Å². The molecule has 7 heteroatoms. The van der Waals surface area contributed by atoms with Crippen molar-refractivity contribution < 1.29 is 14.0 Å². The second-order valence-corrected chi connectivity index (χ2v) is 3.99. The van der Waals surface area contributed by atoms with Gasteiger partial charge in [-0.05, 0) is 28.9 Å². The Bertz CT molecular complexity index is 402. The van der Waals surface area contributed by atoms with Gasteiger partial charge < -0.3 is 16.3 Å². The van der Waals surface area contributed by atoms with Crippen LogP contribution in [0.15, 0.2) is 21.8 Å². The van der Waals surface area contributed by atoms with Gasteiger partial charge in [0.1, 0.15) is 11.6 Å². The SMILES string of the molecule is CC(Nc1c(F)cc(F)cc1Br)C(N)=NO. The minimum atomic E-state index is -0.760. The molecule has 1 aromatic rings. The highest BCUT2D eigenvalue weighted by Gasteiger charge is 2.14. The Morgan fingerprint density at radius 1 is 1.56 bits per heavy atom. The molecule has 1 rings (SSSR count). The molecule has 0 saturated carbocycles. The molecule has 4 nitrogen and oxygen atoms in total. The first kappa shape index (κ1) is 12.7. The lowest BCUT2D eigenvalue weighted by Gasteiger charge is -2.15. The lowest BCUT2D eigenvalue weighted by molar-refractivity contribution is 0.316. The number of hydrogen-bond acceptors (Lipinski definition) is 3. The molecule has 0 aromatic heterocycles. The fraction of sp³-hybridized carbons (Fsp3) is 0.222. The van der Waals surface area contributed by atoms with Gasteiger partial charge >= 0.3 is 0 Å². The zero-order valence-electron chi connectivity index (χ0n) is 8.34. The Morgan fingerprint density at radius 2 is 2.19 bits per heavy atom. The Labute approximate surface area is 99.3 Å². The summed E-state index contributed by atoms with van der Waals surface area (Å²) in [6.07, 6.45) is 0. The third-order valence-electron chi connectivity index (χ3n) is 1.93. The van der Waals surface area contributed by atoms with Crippen molar-refractivity contribution in [2.45, 2.75) is 13.0 Å². The van der Waals surface area contributed by atoms with E-state index in [1.54, 1.807) is 6.92 Å². The summed E-state index contributed by atoms with van der Waals surface area (Å²) in [5.41, 5.74) is 5.38. The molecular weight excluding hydrogens is 284 g/mol. The van der Waals surface area contributed by atoms with Crippen LogP contribution in [0.4, 0.5) is 14.5 Å². The van der Waals surface area contributed by atoms with Gasteiger partial charge in [-0.2, -0.15) is 0 Å². The predicted octanol–water partition coefficient (Wildman–Crippen LogP) is 2.27. The zero-order chi connectivity index (χ0) is 12.3. The number of rotatable bonds is 3. The van der Waals surface area contributed by atoms with Crippen molar-refractivity contribution in [1.82, 2.24) is 0 Å². The molecule has 0 bridgehead atoms. The first-order valence-electron chi connectivity index (χ1n) is 4.34. The Hall–Kier alpha value is -1.37. The van der Waals surface area contributed by atoms with Gasteiger partial charge in [0.15, 0.2) is 5.84 Å². The van der Waals surface area contributed by atoms with Crippen LogP contribution in [-0.2, 0) is 0 Å². The first-order valence-corrected chi connectivity index (χ1v) is 5.13. The van der Waals surface area contributed by atoms with Gasteiger partial charge in [0, 0.05) is 10.5 Å². The summed E-state index contributed by atoms with van der Waals surface area (Å²) in [5, 5.41) is 13.9. The second-order valence-electron chi connectivity index (χ2n) is 3.14. The molecule has 0 aliphatic heterocycles. The molecule has 0 fully saturated rings. The molecule has 1 atom stereocenters. The summed E-state index contributed by atoms with van der Waals surface area (Å²) in [5.74, 6) is -1.55. The molecule has 0 spiro atoms. The molecule has 0 aliphatic carbocycles. The summed E-state index contributed by atoms with van der Waals surface area (Å²) < 4.78 is 26.4. The monoisotopic (exact) mass is 293 g/mol. The van der Waals surface area contributed by atoms with E-state index in [0.29, 0.717) is 0 Å². The minimum Gasteiger partial charge on any atom is -0.409 e. The number of halogens is 3. The minimum absolute atomic E-state index is 0.0560. The van der Waals surface area contributed by atoms with E-state index in [2.05, 4.69) is 26.4 Å². The number of anilines is 1. The van der Waals surface area contributed by atoms with Crippen LogP contribution in [0.2, 0.25) is 0 Å². The maximum absolute atomic E-state index is 13.4. The van der Waals surface area contributed by atoms with Gasteiger partial charge in [0.2, 0.25) is 0 Å². The van der Waals surface area contributed by atoms with E-state index in [1.807, 2.05) is 0 Å². The van der Waals surface area contributed by atoms with Gasteiger partial charge in [-0.3, -0.25) is 0 Å². The van der Waals surface area contributed by atoms with Gasteiger partial charge in [-0.25, -0.2) is 8.78 Å². The van der Waals surface area contributed by atoms with E-state index in [0.717, 1.165) is 12.1 Å². The van der Waals surface area contributed by atoms with Crippen molar-refractivity contribution in [1.29, 1.82) is 0 Å². The molecule has 0 heterocycles. The van der Waals surface area contributed by atoms with Crippen LogP contribution in [0.1, 0.15) is 6.92 Å². The number of nitrogens with one attached hydrogen (secondary N) is 1. The number of hydrogen-bond donors (Lipinski definition) is 3. The van der Waals surface area contributed by atoms with Crippen molar-refractivity contribution in [2.24, 2.45) is 10.9 Å². The topological polar surface area (TPSA) is 70.6 Å². The summed E-state index contributed by atoms with van der Waals surface area (Å²) in [7, 11) is 0. The van der Waals surface area contributed by atoms with Gasteiger partial charge in [0.25, 0.3) is 0 Å². The van der Waals surface area contributed by atoms with Crippen molar-refractivity contribution in [3.8, 4) is 0 Å². The van der Waals surface area contributed by atoms with E-state index in [9.17, 15) is 8.78 Å². The van der Waals surface area contributed by atoms with Gasteiger partial charge in [-0.15, -0.1) is 0 Å². The van der Waals surface area contributed by atoms with E-state index >= 15 is 0 Å². The number of oxime groups is 1. The zero-order valence-corrected chi connectivity index (χ0v) is 9.92. The first-order chi connectivity index (χ1) is 7.45. The van der Waals surface area contributed by atoms with E-state index in [4.69, 9.17) is 10.9 Å². The molecule has 4 N–H and O–H groups in total. The average Bonchev–Trinajstić information content (AvgIpc) is 2.21. The largest absolute Gasteiger partial charge is 0.409 e. The second kappa shape index (κ2) is 5.11. The van der Waals surface area contributed by atoms with Crippen LogP contribution in [0, 0.1) is 11.6 Å². The maximum Gasteiger partial charge on any atom is 0.161 e. The molecule has 0 saturated heterocycles. The van der Waals surface area contributed by atoms with Crippen molar-refractivity contribution in [3.05, 3.63) is 28.2 Å². The summed E-state index contributed by atoms with van der Waals surface area (Å²) >= 11 is 3.01. The number of nitrogens with zero attached hydrogens (tertiary/aromatic N) is 1. The van der Waals surface area contributed by atoms with Crippen LogP contribution in [0.25, 0.3) is 0 Å². The molecule has 1 aromatic carbocycles. The van der Waals surface area contributed by atoms with Gasteiger partial charge in [0.05, 0.1) is 11.7 Å². The highest BCUT2D eigenvalue weighted by Crippen LogP contribution is 2.27. The van der Waals surface area contributed by atoms with Crippen LogP contribution >= 0.6 is 15.9 Å². The number of nitrogens with two attached hydrogens (primary N) is 1. The van der Waals surface area contributed by atoms with Crippen molar-refractivity contribution in [2.75, 3.05) is 5.32 Å². The third-order valence-corrected chi connectivity index (χ3v) is 2.55. The fourth-order valence-electron chi connectivity index (χ4n) is 1.06. The van der Waals surface area contributed by atoms with Crippen molar-refractivity contribution in [3.63, 3.8) is 0 Å². The molecular formula is C9H10BrF2N3O. The van der Waals surface area contributed by atoms with Crippen LogP contribution in [0.3, 0.4) is 0 Å². The maximum atomic E-state index is 13.4. The molecule has 1 unspecified atom stereocenters. The summed E-state index contributed by atoms with van der Waals surface area (Å²) in [6.45, 7) is 1.57. The van der Waals surface area contributed by atoms with Crippen LogP contribution < -0.4 is 11.1 Å². The van der Waals surface area contributed by atoms with Crippen LogP contribution in [-0.4, -0.2) is 17.1 Å². The molecule has 0 radical (unpaired) electrons. The molecule has 16 heavy (non-hydrogen) atoms. The average molecular weight is 294 g/mol. The lowest BCUT2D eigenvalue weighted by atomic mass is 10.2. The highest BCUT2D eigenvalue weighted by molar-refractivity contribution is 9.10. The quantitative estimate of drug-likeness (QED) is 0.346. The Kier molecular flexibility index (Phi) is 4.05. The Balaban J connectivity index is 2.98. The summed E-state index contributed by atoms with van der Waals surface area (Å²) in [4.78, 5) is 0. The fourth-order valence-corrected chi connectivity index (χ4v) is 1.58. The summed E-state index contributed by atoms with van der Waals surface area (Å²) in [6, 6.07) is 1.28. The van der Waals surface area contributed by atoms with Crippen LogP contribution in [0.5, 0.6) is 0 Å². The normalized spacial score (nSPS) is 13.6. The van der Waals surface area contributed by atoms with E-state index in [-0.39, 0.29) is 16.0 Å². The predicted molar refractivity (Wildman–Crippen MR) is 60.6 cm³/mol. The lowest BCUT2D eigenvalue weighted by Crippen LogP contribution is -2.33. The van der Waals surface area contributed by atoms with Gasteiger partial charge in [-0.1, -0.05) is 5.16 Å². The number of amidine groups is 1. The Morgan fingerprint density at radius 3 is 2.69 bits per heavy atom. The molecule has 0 aliphatic rings. The van der Waals surface area contributed by atoms with Crippen molar-refractivity contribution >= 4 is 27.5 Å². The highest BCUT2D eigenvalue weighted by atomic mass is 79.9. The third kappa shape index (κ3) is 2.82. The van der Waals surface area contributed by atoms with E-state index in [1.165, 1.54) is 0 Å². The molecule has 0 amide bonds. The number of benzene rings is 1. The standard InChI is InChI=1S/C9H10BrF2N3O/c1-4(9(13)15-16)14-8-6(10)2-5(11)3-7(8)12/h2-4,14,16H,1H3,(H2,13,15).